The molecular weight excluding hydrogens is 334 g/mol. The second-order valence-electron chi connectivity index (χ2n) is 5.45. The molecule has 7 heteroatoms. The second-order valence-corrected chi connectivity index (χ2v) is 5.45. The molecule has 0 saturated heterocycles. The number of anilines is 1. The van der Waals surface area contributed by atoms with Crippen LogP contribution >= 0.6 is 0 Å². The van der Waals surface area contributed by atoms with Gasteiger partial charge < -0.3 is 14.6 Å². The normalized spacial score (nSPS) is 10.7. The van der Waals surface area contributed by atoms with Gasteiger partial charge >= 0.3 is 5.97 Å². The van der Waals surface area contributed by atoms with E-state index >= 15 is 0 Å². The Kier molecular flexibility index (Phi) is 7.42. The number of benzene rings is 1. The second kappa shape index (κ2) is 10.0. The van der Waals surface area contributed by atoms with E-state index in [1.54, 1.807) is 12.3 Å². The van der Waals surface area contributed by atoms with Crippen LogP contribution in [-0.4, -0.2) is 35.5 Å². The lowest BCUT2D eigenvalue weighted by atomic mass is 10.2. The summed E-state index contributed by atoms with van der Waals surface area (Å²) in [7, 11) is 0. The van der Waals surface area contributed by atoms with E-state index in [2.05, 4.69) is 22.4 Å². The Morgan fingerprint density at radius 2 is 2.08 bits per heavy atom. The van der Waals surface area contributed by atoms with E-state index in [9.17, 15) is 4.79 Å². The van der Waals surface area contributed by atoms with E-state index < -0.39 is 5.97 Å². The molecule has 26 heavy (non-hydrogen) atoms. The van der Waals surface area contributed by atoms with Crippen LogP contribution in [-0.2, 0) is 0 Å². The number of unbranched alkanes of at least 4 members (excludes halogenated alkanes) is 1. The Morgan fingerprint density at radius 3 is 2.73 bits per heavy atom. The van der Waals surface area contributed by atoms with Crippen LogP contribution in [0.2, 0.25) is 0 Å². The number of aromatic carboxylic acids is 1. The lowest BCUT2D eigenvalue weighted by Crippen LogP contribution is -2.01. The minimum Gasteiger partial charge on any atom is -0.490 e. The maximum Gasteiger partial charge on any atom is 0.337 e. The molecule has 1 aromatic heterocycles. The minimum atomic E-state index is -1.02. The van der Waals surface area contributed by atoms with Crippen molar-refractivity contribution in [1.29, 1.82) is 0 Å². The van der Waals surface area contributed by atoms with Crippen molar-refractivity contribution in [2.45, 2.75) is 26.7 Å². The SMILES string of the molecule is CCCCOc1ccc(/C=N/Nc2ccc(C(=O)O)cn2)cc1OCC. The fourth-order valence-electron chi connectivity index (χ4n) is 2.08. The molecule has 0 fully saturated rings. The highest BCUT2D eigenvalue weighted by molar-refractivity contribution is 5.87. The molecule has 0 unspecified atom stereocenters. The molecular formula is C19H23N3O4. The predicted octanol–water partition coefficient (Wildman–Crippen LogP) is 3.80. The lowest BCUT2D eigenvalue weighted by Gasteiger charge is -2.12. The average molecular weight is 357 g/mol. The first kappa shape index (κ1) is 19.2. The molecule has 0 aliphatic carbocycles. The van der Waals surface area contributed by atoms with Crippen molar-refractivity contribution >= 4 is 18.0 Å². The van der Waals surface area contributed by atoms with Gasteiger partial charge in [0.1, 0.15) is 5.82 Å². The van der Waals surface area contributed by atoms with E-state index in [4.69, 9.17) is 14.6 Å². The van der Waals surface area contributed by atoms with Crippen LogP contribution in [0.25, 0.3) is 0 Å². The monoisotopic (exact) mass is 357 g/mol. The third-order valence-corrected chi connectivity index (χ3v) is 3.43. The first-order valence-electron chi connectivity index (χ1n) is 8.52. The number of carboxylic acids is 1. The molecule has 2 aromatic rings. The quantitative estimate of drug-likeness (QED) is 0.382. The zero-order valence-electron chi connectivity index (χ0n) is 14.9. The molecule has 0 aliphatic rings. The molecule has 0 radical (unpaired) electrons. The van der Waals surface area contributed by atoms with Crippen LogP contribution in [0.3, 0.4) is 0 Å². The molecule has 2 rings (SSSR count). The molecule has 0 saturated carbocycles. The standard InChI is InChI=1S/C19H23N3O4/c1-3-5-10-26-16-8-6-14(11-17(16)25-4-2)12-21-22-18-9-7-15(13-20-18)19(23)24/h6-9,11-13H,3-5,10H2,1-2H3,(H,20,22)(H,23,24)/b21-12+. The van der Waals surface area contributed by atoms with E-state index in [1.165, 1.54) is 12.3 Å². The summed E-state index contributed by atoms with van der Waals surface area (Å²) in [6.45, 7) is 5.24. The molecule has 0 bridgehead atoms. The van der Waals surface area contributed by atoms with Gasteiger partial charge in [-0.25, -0.2) is 9.78 Å². The summed E-state index contributed by atoms with van der Waals surface area (Å²) in [5, 5.41) is 13.0. The number of hydrazone groups is 1. The van der Waals surface area contributed by atoms with Gasteiger partial charge in [0.25, 0.3) is 0 Å². The lowest BCUT2D eigenvalue weighted by molar-refractivity contribution is 0.0696. The van der Waals surface area contributed by atoms with Gasteiger partial charge in [-0.3, -0.25) is 5.43 Å². The molecule has 0 atom stereocenters. The maximum absolute atomic E-state index is 10.8. The number of nitrogens with zero attached hydrogens (tertiary/aromatic N) is 2. The summed E-state index contributed by atoms with van der Waals surface area (Å²) in [6, 6.07) is 8.62. The Hall–Kier alpha value is -3.09. The topological polar surface area (TPSA) is 93.0 Å². The van der Waals surface area contributed by atoms with Gasteiger partial charge in [-0.15, -0.1) is 0 Å². The Labute approximate surface area is 152 Å². The van der Waals surface area contributed by atoms with Crippen molar-refractivity contribution in [3.63, 3.8) is 0 Å². The van der Waals surface area contributed by atoms with Gasteiger partial charge in [-0.05, 0) is 49.2 Å². The van der Waals surface area contributed by atoms with Gasteiger partial charge in [0.2, 0.25) is 0 Å². The highest BCUT2D eigenvalue weighted by Gasteiger charge is 2.06. The van der Waals surface area contributed by atoms with Crippen molar-refractivity contribution in [2.24, 2.45) is 5.10 Å². The van der Waals surface area contributed by atoms with Crippen molar-refractivity contribution in [3.05, 3.63) is 47.7 Å². The van der Waals surface area contributed by atoms with Gasteiger partial charge in [0.05, 0.1) is 25.0 Å². The molecule has 1 aromatic carbocycles. The highest BCUT2D eigenvalue weighted by atomic mass is 16.5. The number of pyridine rings is 1. The summed E-state index contributed by atoms with van der Waals surface area (Å²) in [5.41, 5.74) is 3.72. The van der Waals surface area contributed by atoms with Gasteiger partial charge in [-0.1, -0.05) is 13.3 Å². The number of hydrogen-bond donors (Lipinski definition) is 2. The van der Waals surface area contributed by atoms with Gasteiger partial charge in [-0.2, -0.15) is 5.10 Å². The van der Waals surface area contributed by atoms with Crippen molar-refractivity contribution < 1.29 is 19.4 Å². The fourth-order valence-corrected chi connectivity index (χ4v) is 2.08. The van der Waals surface area contributed by atoms with E-state index in [0.717, 1.165) is 24.2 Å². The Bertz CT molecular complexity index is 745. The first-order valence-corrected chi connectivity index (χ1v) is 8.52. The summed E-state index contributed by atoms with van der Waals surface area (Å²) in [4.78, 5) is 14.8. The Balaban J connectivity index is 2.02. The molecule has 7 nitrogen and oxygen atoms in total. The molecule has 0 spiro atoms. The largest absolute Gasteiger partial charge is 0.490 e. The average Bonchev–Trinajstić information content (AvgIpc) is 2.64. The Morgan fingerprint density at radius 1 is 1.23 bits per heavy atom. The summed E-state index contributed by atoms with van der Waals surface area (Å²) >= 11 is 0. The van der Waals surface area contributed by atoms with Crippen LogP contribution in [0.5, 0.6) is 11.5 Å². The highest BCUT2D eigenvalue weighted by Crippen LogP contribution is 2.28. The van der Waals surface area contributed by atoms with Gasteiger partial charge in [0.15, 0.2) is 11.5 Å². The van der Waals surface area contributed by atoms with Crippen LogP contribution in [0.1, 0.15) is 42.6 Å². The van der Waals surface area contributed by atoms with E-state index in [-0.39, 0.29) is 5.56 Å². The minimum absolute atomic E-state index is 0.125. The number of hydrogen-bond acceptors (Lipinski definition) is 6. The molecule has 0 aliphatic heterocycles. The van der Waals surface area contributed by atoms with Crippen molar-refractivity contribution in [3.8, 4) is 11.5 Å². The van der Waals surface area contributed by atoms with Crippen LogP contribution in [0.4, 0.5) is 5.82 Å². The van der Waals surface area contributed by atoms with Crippen LogP contribution in [0, 0.1) is 0 Å². The van der Waals surface area contributed by atoms with E-state index in [0.29, 0.717) is 24.8 Å². The van der Waals surface area contributed by atoms with Crippen molar-refractivity contribution in [2.75, 3.05) is 18.6 Å². The third kappa shape index (κ3) is 5.77. The van der Waals surface area contributed by atoms with Crippen LogP contribution in [0.15, 0.2) is 41.6 Å². The number of aromatic nitrogens is 1. The predicted molar refractivity (Wildman–Crippen MR) is 100 cm³/mol. The number of nitrogens with one attached hydrogen (secondary N) is 1. The smallest absolute Gasteiger partial charge is 0.337 e. The first-order chi connectivity index (χ1) is 12.6. The fraction of sp³-hybridized carbons (Fsp3) is 0.316. The zero-order chi connectivity index (χ0) is 18.8. The molecule has 2 N–H and O–H groups in total. The van der Waals surface area contributed by atoms with E-state index in [1.807, 2.05) is 25.1 Å². The summed E-state index contributed by atoms with van der Waals surface area (Å²) in [6.07, 6.45) is 4.97. The van der Waals surface area contributed by atoms with Gasteiger partial charge in [0, 0.05) is 6.20 Å². The third-order valence-electron chi connectivity index (χ3n) is 3.43. The van der Waals surface area contributed by atoms with Crippen LogP contribution < -0.4 is 14.9 Å². The number of carboxylic acid groups (broad SMARTS) is 1. The number of carbonyl (C=O) groups is 1. The van der Waals surface area contributed by atoms with Crippen molar-refractivity contribution in [1.82, 2.24) is 4.98 Å². The maximum atomic E-state index is 10.8. The summed E-state index contributed by atoms with van der Waals surface area (Å²) in [5.74, 6) is 0.834. The zero-order valence-corrected chi connectivity index (χ0v) is 14.9. The molecule has 138 valence electrons. The summed E-state index contributed by atoms with van der Waals surface area (Å²) < 4.78 is 11.4. The number of rotatable bonds is 10. The molecule has 0 amide bonds. The number of ether oxygens (including phenoxy) is 2. The molecule has 1 heterocycles.